The Labute approximate surface area is 515 Å². The summed E-state index contributed by atoms with van der Waals surface area (Å²) in [6.45, 7) is 6.31. The Morgan fingerprint density at radius 2 is 0.719 bits per heavy atom. The molecule has 0 fully saturated rings. The topological polar surface area (TPSA) is 222 Å². The van der Waals surface area contributed by atoms with Gasteiger partial charge in [0.05, 0.1) is 0 Å². The highest BCUT2D eigenvalue weighted by Crippen LogP contribution is 2.24. The highest BCUT2D eigenvalue weighted by atomic mass is 16.5. The van der Waals surface area contributed by atoms with Crippen molar-refractivity contribution in [2.24, 2.45) is 0 Å². The van der Waals surface area contributed by atoms with Crippen molar-refractivity contribution >= 4 is 17.7 Å². The Hall–Kier alpha value is -11.6. The van der Waals surface area contributed by atoms with Gasteiger partial charge in [0, 0.05) is 50.6 Å². The van der Waals surface area contributed by atoms with Gasteiger partial charge >= 0.3 is 0 Å². The molecule has 0 aliphatic carbocycles. The van der Waals surface area contributed by atoms with Gasteiger partial charge in [0.2, 0.25) is 27.8 Å². The van der Waals surface area contributed by atoms with E-state index in [-0.39, 0.29) is 60.1 Å². The number of rotatable bonds is 18. The standard InChI is InChI=1S/C27H24N2O3.C27H23NO4.C20H18N2O3.H2/c1-19-16-24(30)26(32-18-21-8-4-2-5-9-21)25(29-19)27(31)28-17-20-12-14-23(15-13-20)22-10-6-3-7-11-22;1-19-16-24(29)25(31-18-21-8-4-2-5-9-21)26(32-19)27(30)28-17-20-12-14-23(15-13-20)22-10-6-3-7-11-22;1-13-11-17(23)19(24)18(22-13)20(25)21-12-14-7-9-16(10-8-14)15-5-3-2-4-6-15;/h2-16H,17-18H2,1H3,(H,28,31)(H,29,30);2-16H,17-18H2,1H3,(H,28,30);2-11,24H,12H2,1H3,(H,21,25)(H,22,23);1H/i;;;1+1. The molecule has 0 atom stereocenters. The minimum atomic E-state index is -0.575. The number of H-pyrrole nitrogens is 2. The van der Waals surface area contributed by atoms with Crippen molar-refractivity contribution in [2.45, 2.75) is 53.6 Å². The highest BCUT2D eigenvalue weighted by molar-refractivity contribution is 5.96. The Kier molecular flexibility index (Phi) is 21.2. The molecule has 3 aromatic heterocycles. The number of aromatic nitrogens is 2. The number of aryl methyl sites for hydroxylation is 3. The van der Waals surface area contributed by atoms with E-state index in [1.807, 2.05) is 212 Å². The summed E-state index contributed by atoms with van der Waals surface area (Å²) >= 11 is 0. The van der Waals surface area contributed by atoms with Crippen LogP contribution >= 0.6 is 0 Å². The Balaban J connectivity index is 0.000000175. The van der Waals surface area contributed by atoms with E-state index in [0.717, 1.165) is 61.2 Å². The number of aromatic amines is 2. The van der Waals surface area contributed by atoms with Crippen LogP contribution in [0.25, 0.3) is 33.4 Å². The number of benzene rings is 8. The third-order valence-electron chi connectivity index (χ3n) is 13.9. The molecule has 448 valence electrons. The second-order valence-corrected chi connectivity index (χ2v) is 20.7. The number of nitrogens with one attached hydrogen (secondary N) is 5. The zero-order valence-corrected chi connectivity index (χ0v) is 49.3. The molecule has 0 spiro atoms. The van der Waals surface area contributed by atoms with Crippen LogP contribution in [-0.4, -0.2) is 32.8 Å². The summed E-state index contributed by atoms with van der Waals surface area (Å²) in [5.41, 5.74) is 11.1. The van der Waals surface area contributed by atoms with Crippen LogP contribution in [0.5, 0.6) is 17.2 Å². The highest BCUT2D eigenvalue weighted by Gasteiger charge is 2.22. The lowest BCUT2D eigenvalue weighted by molar-refractivity contribution is 0.0907. The van der Waals surface area contributed by atoms with Crippen molar-refractivity contribution in [1.29, 1.82) is 0 Å². The smallest absolute Gasteiger partial charge is 0.291 e. The number of hydrogen-bond donors (Lipinski definition) is 6. The first kappa shape index (κ1) is 62.0. The SMILES string of the molecule is Cc1cc(=O)c(O)c(C(=O)NCc2ccc(-c3ccccc3)cc2)[nH]1.Cc1cc(=O)c(OCc2ccccc2)c(C(=O)NCc2ccc(-c3ccccc3)cc2)[nH]1.Cc1cc(=O)c(OCc2ccccc2)c(C(=O)NCc2ccc(-c3ccccc3)cc2)o1.[2HH]. The van der Waals surface area contributed by atoms with Crippen molar-refractivity contribution in [3.8, 4) is 50.6 Å². The van der Waals surface area contributed by atoms with E-state index in [2.05, 4.69) is 38.1 Å². The molecule has 6 N–H and O–H groups in total. The molecular formula is C74H67N5O10. The monoisotopic (exact) mass is 1190 g/mol. The molecule has 0 bridgehead atoms. The lowest BCUT2D eigenvalue weighted by Gasteiger charge is -2.12. The van der Waals surface area contributed by atoms with Crippen molar-refractivity contribution in [3.63, 3.8) is 0 Å². The summed E-state index contributed by atoms with van der Waals surface area (Å²) in [6, 6.07) is 76.9. The molecule has 0 aliphatic rings. The lowest BCUT2D eigenvalue weighted by Crippen LogP contribution is -2.27. The third-order valence-corrected chi connectivity index (χ3v) is 13.9. The molecule has 0 saturated carbocycles. The van der Waals surface area contributed by atoms with Crippen LogP contribution in [0.1, 0.15) is 77.9 Å². The maximum Gasteiger partial charge on any atom is 0.291 e. The van der Waals surface area contributed by atoms with Gasteiger partial charge in [-0.25, -0.2) is 0 Å². The molecular weight excluding hydrogens is 1120 g/mol. The van der Waals surface area contributed by atoms with Gasteiger partial charge in [0.25, 0.3) is 17.7 Å². The summed E-state index contributed by atoms with van der Waals surface area (Å²) < 4.78 is 17.0. The van der Waals surface area contributed by atoms with E-state index in [9.17, 15) is 33.9 Å². The van der Waals surface area contributed by atoms with Gasteiger partial charge < -0.3 is 44.9 Å². The van der Waals surface area contributed by atoms with Gasteiger partial charge in [0.15, 0.2) is 22.9 Å². The van der Waals surface area contributed by atoms with E-state index in [4.69, 9.17) is 13.9 Å². The van der Waals surface area contributed by atoms with Gasteiger partial charge in [-0.2, -0.15) is 0 Å². The second-order valence-electron chi connectivity index (χ2n) is 20.7. The molecule has 3 amide bonds. The Morgan fingerprint density at radius 1 is 0.393 bits per heavy atom. The third kappa shape index (κ3) is 17.5. The molecule has 0 radical (unpaired) electrons. The normalized spacial score (nSPS) is 10.5. The Bertz CT molecular complexity index is 4140. The van der Waals surface area contributed by atoms with Crippen molar-refractivity contribution in [2.75, 3.05) is 0 Å². The number of ether oxygens (including phenoxy) is 2. The minimum Gasteiger partial charge on any atom is -0.503 e. The van der Waals surface area contributed by atoms with Crippen LogP contribution < -0.4 is 41.7 Å². The number of amides is 3. The van der Waals surface area contributed by atoms with Crippen LogP contribution in [0.15, 0.2) is 261 Å². The molecule has 89 heavy (non-hydrogen) atoms. The second kappa shape index (κ2) is 30.5. The molecule has 0 unspecified atom stereocenters. The summed E-state index contributed by atoms with van der Waals surface area (Å²) in [5, 5.41) is 18.1. The average molecular weight is 1190 g/mol. The summed E-state index contributed by atoms with van der Waals surface area (Å²) in [4.78, 5) is 80.1. The first-order valence-corrected chi connectivity index (χ1v) is 28.7. The molecule has 15 nitrogen and oxygen atoms in total. The molecule has 15 heteroatoms. The fourth-order valence-corrected chi connectivity index (χ4v) is 9.31. The van der Waals surface area contributed by atoms with Crippen LogP contribution in [0.2, 0.25) is 0 Å². The van der Waals surface area contributed by atoms with E-state index >= 15 is 0 Å². The predicted molar refractivity (Wildman–Crippen MR) is 348 cm³/mol. The van der Waals surface area contributed by atoms with E-state index < -0.39 is 23.0 Å². The predicted octanol–water partition coefficient (Wildman–Crippen LogP) is 13.2. The largest absolute Gasteiger partial charge is 0.503 e. The van der Waals surface area contributed by atoms with Gasteiger partial charge in [0.1, 0.15) is 19.0 Å². The lowest BCUT2D eigenvalue weighted by atomic mass is 10.0. The Morgan fingerprint density at radius 3 is 1.13 bits per heavy atom. The quantitative estimate of drug-likeness (QED) is 0.0477. The summed E-state index contributed by atoms with van der Waals surface area (Å²) in [5.74, 6) is -1.81. The van der Waals surface area contributed by atoms with Crippen LogP contribution in [0, 0.1) is 20.8 Å². The molecule has 8 aromatic carbocycles. The number of pyridine rings is 2. The first-order chi connectivity index (χ1) is 43.2. The van der Waals surface area contributed by atoms with Crippen molar-refractivity contribution in [1.82, 2.24) is 25.9 Å². The molecule has 0 aliphatic heterocycles. The maximum atomic E-state index is 12.9. The molecule has 11 aromatic rings. The number of carbonyl (C=O) groups excluding carboxylic acids is 3. The van der Waals surface area contributed by atoms with Crippen molar-refractivity contribution < 1.29 is 34.8 Å². The first-order valence-electron chi connectivity index (χ1n) is 28.7. The maximum absolute atomic E-state index is 12.9. The van der Waals surface area contributed by atoms with Crippen LogP contribution in [0.3, 0.4) is 0 Å². The van der Waals surface area contributed by atoms with E-state index in [0.29, 0.717) is 36.8 Å². The van der Waals surface area contributed by atoms with Gasteiger partial charge in [-0.3, -0.25) is 28.8 Å². The molecule has 3 heterocycles. The zero-order chi connectivity index (χ0) is 62.5. The number of carbonyl (C=O) groups is 3. The summed E-state index contributed by atoms with van der Waals surface area (Å²) in [7, 11) is 0. The minimum absolute atomic E-state index is 0. The van der Waals surface area contributed by atoms with Gasteiger partial charge in [-0.1, -0.05) is 224 Å². The van der Waals surface area contributed by atoms with Crippen LogP contribution in [-0.2, 0) is 32.8 Å². The number of aromatic hydroxyl groups is 1. The van der Waals surface area contributed by atoms with Crippen LogP contribution in [0.4, 0.5) is 0 Å². The molecule has 11 rings (SSSR count). The van der Waals surface area contributed by atoms with E-state index in [1.165, 1.54) is 18.2 Å². The zero-order valence-electron chi connectivity index (χ0n) is 49.3. The number of hydrogen-bond acceptors (Lipinski definition) is 10. The van der Waals surface area contributed by atoms with E-state index in [1.54, 1.807) is 20.8 Å². The summed E-state index contributed by atoms with van der Waals surface area (Å²) in [6.07, 6.45) is 0. The van der Waals surface area contributed by atoms with Gasteiger partial charge in [-0.05, 0) is 82.0 Å². The average Bonchev–Trinajstić information content (AvgIpc) is 1.51. The fraction of sp³-hybridized carbons (Fsp3) is 0.108. The van der Waals surface area contributed by atoms with Crippen molar-refractivity contribution in [3.05, 3.63) is 335 Å². The fourth-order valence-electron chi connectivity index (χ4n) is 9.31. The van der Waals surface area contributed by atoms with Gasteiger partial charge in [-0.15, -0.1) is 0 Å². The molecule has 0 saturated heterocycles.